The van der Waals surface area contributed by atoms with Crippen LogP contribution in [0.5, 0.6) is 0 Å². The van der Waals surface area contributed by atoms with E-state index in [0.29, 0.717) is 22.1 Å². The first-order valence-corrected chi connectivity index (χ1v) is 13.9. The van der Waals surface area contributed by atoms with Crippen molar-refractivity contribution in [2.24, 2.45) is 5.73 Å². The number of carbonyl (C=O) groups is 2. The van der Waals surface area contributed by atoms with Gasteiger partial charge in [-0.3, -0.25) is 10.2 Å². The second-order valence-corrected chi connectivity index (χ2v) is 11.2. The summed E-state index contributed by atoms with van der Waals surface area (Å²) in [5.74, 6) is -2.21. The lowest BCUT2D eigenvalue weighted by molar-refractivity contribution is -0.140. The SMILES string of the molecule is N=C(N)c1cccc(C[C@H](NS(=O)(=O)c2ccc3ccccc3c2)C(=O)N2Cc3ccccc3C=C2C(=O)O)c1. The Balaban J connectivity index is 1.54. The average molecular weight is 555 g/mol. The number of amidine groups is 1. The summed E-state index contributed by atoms with van der Waals surface area (Å²) in [4.78, 5) is 27.2. The predicted octanol–water partition coefficient (Wildman–Crippen LogP) is 3.48. The summed E-state index contributed by atoms with van der Waals surface area (Å²) >= 11 is 0. The molecular formula is C30H26N4O5S. The van der Waals surface area contributed by atoms with Crippen molar-refractivity contribution in [3.8, 4) is 0 Å². The maximum Gasteiger partial charge on any atom is 0.352 e. The number of aliphatic carboxylic acids is 1. The quantitative estimate of drug-likeness (QED) is 0.193. The molecule has 0 aliphatic carbocycles. The summed E-state index contributed by atoms with van der Waals surface area (Å²) in [5, 5.41) is 19.2. The largest absolute Gasteiger partial charge is 0.477 e. The zero-order valence-corrected chi connectivity index (χ0v) is 22.1. The van der Waals surface area contributed by atoms with Crippen LogP contribution in [0.1, 0.15) is 22.3 Å². The average Bonchev–Trinajstić information content (AvgIpc) is 2.95. The minimum absolute atomic E-state index is 0.0283. The van der Waals surface area contributed by atoms with Crippen molar-refractivity contribution < 1.29 is 23.1 Å². The van der Waals surface area contributed by atoms with Crippen molar-refractivity contribution in [2.75, 3.05) is 0 Å². The van der Waals surface area contributed by atoms with Crippen molar-refractivity contribution >= 4 is 44.6 Å². The van der Waals surface area contributed by atoms with Gasteiger partial charge in [0.15, 0.2) is 0 Å². The summed E-state index contributed by atoms with van der Waals surface area (Å²) in [5.41, 5.74) is 7.75. The van der Waals surface area contributed by atoms with E-state index >= 15 is 0 Å². The molecule has 0 spiro atoms. The molecule has 0 radical (unpaired) electrons. The van der Waals surface area contributed by atoms with E-state index in [1.54, 1.807) is 66.7 Å². The van der Waals surface area contributed by atoms with E-state index in [0.717, 1.165) is 15.8 Å². The molecule has 0 bridgehead atoms. The highest BCUT2D eigenvalue weighted by Gasteiger charge is 2.35. The summed E-state index contributed by atoms with van der Waals surface area (Å²) in [7, 11) is -4.21. The number of hydrogen-bond donors (Lipinski definition) is 4. The Hall–Kier alpha value is -4.80. The lowest BCUT2D eigenvalue weighted by Crippen LogP contribution is -2.50. The van der Waals surface area contributed by atoms with Gasteiger partial charge in [-0.05, 0) is 58.2 Å². The fraction of sp³-hybridized carbons (Fsp3) is 0.100. The molecule has 1 atom stereocenters. The first kappa shape index (κ1) is 26.8. The maximum atomic E-state index is 14.0. The van der Waals surface area contributed by atoms with E-state index in [4.69, 9.17) is 11.1 Å². The van der Waals surface area contributed by atoms with Gasteiger partial charge in [-0.2, -0.15) is 4.72 Å². The summed E-state index contributed by atoms with van der Waals surface area (Å²) < 4.78 is 29.7. The first-order valence-electron chi connectivity index (χ1n) is 12.4. The fourth-order valence-electron chi connectivity index (χ4n) is 4.73. The second-order valence-electron chi connectivity index (χ2n) is 9.46. The van der Waals surface area contributed by atoms with Crippen molar-refractivity contribution in [1.29, 1.82) is 5.41 Å². The number of nitrogens with zero attached hydrogens (tertiary/aromatic N) is 1. The van der Waals surface area contributed by atoms with E-state index in [1.807, 2.05) is 12.1 Å². The number of amides is 1. The number of nitrogens with one attached hydrogen (secondary N) is 2. The van der Waals surface area contributed by atoms with Crippen LogP contribution in [0, 0.1) is 5.41 Å². The highest BCUT2D eigenvalue weighted by molar-refractivity contribution is 7.89. The number of nitrogen functional groups attached to an aromatic ring is 1. The van der Waals surface area contributed by atoms with E-state index in [1.165, 1.54) is 18.2 Å². The lowest BCUT2D eigenvalue weighted by atomic mass is 9.98. The molecule has 5 N–H and O–H groups in total. The highest BCUT2D eigenvalue weighted by Crippen LogP contribution is 2.27. The van der Waals surface area contributed by atoms with Gasteiger partial charge in [0.1, 0.15) is 17.6 Å². The summed E-state index contributed by atoms with van der Waals surface area (Å²) in [6.07, 6.45) is 1.31. The molecule has 0 saturated heterocycles. The van der Waals surface area contributed by atoms with Gasteiger partial charge in [-0.15, -0.1) is 0 Å². The normalized spacial score (nSPS) is 13.8. The molecule has 0 aromatic heterocycles. The van der Waals surface area contributed by atoms with Crippen LogP contribution in [0.15, 0.2) is 102 Å². The Morgan fingerprint density at radius 1 is 0.950 bits per heavy atom. The third-order valence-corrected chi connectivity index (χ3v) is 8.23. The molecule has 0 fully saturated rings. The number of hydrogen-bond acceptors (Lipinski definition) is 5. The molecule has 5 rings (SSSR count). The predicted molar refractivity (Wildman–Crippen MR) is 152 cm³/mol. The van der Waals surface area contributed by atoms with E-state index in [2.05, 4.69) is 4.72 Å². The van der Waals surface area contributed by atoms with Crippen LogP contribution in [-0.2, 0) is 32.6 Å². The monoisotopic (exact) mass is 554 g/mol. The van der Waals surface area contributed by atoms with Crippen LogP contribution < -0.4 is 10.5 Å². The molecule has 1 amide bonds. The van der Waals surface area contributed by atoms with Crippen molar-refractivity contribution in [3.63, 3.8) is 0 Å². The van der Waals surface area contributed by atoms with E-state index < -0.39 is 27.9 Å². The molecule has 4 aromatic carbocycles. The number of sulfonamides is 1. The number of carboxylic acid groups (broad SMARTS) is 1. The van der Waals surface area contributed by atoms with Gasteiger partial charge in [0.2, 0.25) is 15.9 Å². The zero-order chi connectivity index (χ0) is 28.4. The van der Waals surface area contributed by atoms with Crippen LogP contribution in [0.4, 0.5) is 0 Å². The van der Waals surface area contributed by atoms with E-state index in [-0.39, 0.29) is 29.4 Å². The molecule has 1 aliphatic rings. The van der Waals surface area contributed by atoms with Crippen LogP contribution in [-0.4, -0.2) is 42.2 Å². The number of nitrogens with two attached hydrogens (primary N) is 1. The third-order valence-electron chi connectivity index (χ3n) is 6.76. The Labute approximate surface area is 231 Å². The maximum absolute atomic E-state index is 14.0. The van der Waals surface area contributed by atoms with Gasteiger partial charge in [-0.25, -0.2) is 13.2 Å². The Morgan fingerprint density at radius 2 is 1.68 bits per heavy atom. The molecule has 1 aliphatic heterocycles. The van der Waals surface area contributed by atoms with Gasteiger partial charge in [-0.1, -0.05) is 72.8 Å². The van der Waals surface area contributed by atoms with Crippen molar-refractivity contribution in [3.05, 3.63) is 119 Å². The standard InChI is InChI=1S/C30H26N4O5S/c31-28(32)23-11-5-6-19(14-23)15-26(33-40(38,39)25-13-12-20-7-1-2-8-21(20)16-25)29(35)34-18-24-10-4-3-9-22(24)17-27(34)30(36)37/h1-14,16-17,26,33H,15,18H2,(H3,31,32)(H,36,37)/t26-/m0/s1. The second kappa shape index (κ2) is 10.8. The van der Waals surface area contributed by atoms with Crippen molar-refractivity contribution in [1.82, 2.24) is 9.62 Å². The number of rotatable bonds is 8. The summed E-state index contributed by atoms with van der Waals surface area (Å²) in [6.45, 7) is -0.0329. The molecular weight excluding hydrogens is 528 g/mol. The molecule has 1 heterocycles. The van der Waals surface area contributed by atoms with Crippen molar-refractivity contribution in [2.45, 2.75) is 23.9 Å². The van der Waals surface area contributed by atoms with Gasteiger partial charge >= 0.3 is 5.97 Å². The number of carboxylic acids is 1. The number of fused-ring (bicyclic) bond motifs is 2. The molecule has 4 aromatic rings. The number of carbonyl (C=O) groups excluding carboxylic acids is 1. The highest BCUT2D eigenvalue weighted by atomic mass is 32.2. The molecule has 202 valence electrons. The fourth-order valence-corrected chi connectivity index (χ4v) is 5.96. The third kappa shape index (κ3) is 5.49. The van der Waals surface area contributed by atoms with Crippen LogP contribution in [0.2, 0.25) is 0 Å². The molecule has 10 heteroatoms. The zero-order valence-electron chi connectivity index (χ0n) is 21.2. The molecule has 40 heavy (non-hydrogen) atoms. The molecule has 0 unspecified atom stereocenters. The van der Waals surface area contributed by atoms with Crippen LogP contribution >= 0.6 is 0 Å². The van der Waals surface area contributed by atoms with Gasteiger partial charge < -0.3 is 15.7 Å². The lowest BCUT2D eigenvalue weighted by Gasteiger charge is -2.31. The smallest absolute Gasteiger partial charge is 0.352 e. The van der Waals surface area contributed by atoms with E-state index in [9.17, 15) is 23.1 Å². The van der Waals surface area contributed by atoms with Gasteiger partial charge in [0, 0.05) is 5.56 Å². The molecule has 9 nitrogen and oxygen atoms in total. The van der Waals surface area contributed by atoms with Crippen LogP contribution in [0.25, 0.3) is 16.8 Å². The van der Waals surface area contributed by atoms with Gasteiger partial charge in [0.25, 0.3) is 0 Å². The Morgan fingerprint density at radius 3 is 2.42 bits per heavy atom. The first-order chi connectivity index (χ1) is 19.1. The number of benzene rings is 4. The Kier molecular flexibility index (Phi) is 7.20. The minimum atomic E-state index is -4.21. The summed E-state index contributed by atoms with van der Waals surface area (Å²) in [6, 6.07) is 24.3. The van der Waals surface area contributed by atoms with Crippen LogP contribution in [0.3, 0.4) is 0 Å². The van der Waals surface area contributed by atoms with Gasteiger partial charge in [0.05, 0.1) is 11.4 Å². The topological polar surface area (TPSA) is 154 Å². The minimum Gasteiger partial charge on any atom is -0.477 e. The Bertz CT molecular complexity index is 1800. The molecule has 0 saturated carbocycles.